The second kappa shape index (κ2) is 9.86. The van der Waals surface area contributed by atoms with E-state index in [9.17, 15) is 4.79 Å². The molecule has 0 aliphatic heterocycles. The number of hydrogen-bond acceptors (Lipinski definition) is 7. The second-order valence-electron chi connectivity index (χ2n) is 6.24. The van der Waals surface area contributed by atoms with Crippen molar-refractivity contribution < 1.29 is 9.53 Å². The first-order chi connectivity index (χ1) is 14.1. The molecule has 7 heteroatoms. The summed E-state index contributed by atoms with van der Waals surface area (Å²) in [4.78, 5) is 17.5. The number of carbonyl (C=O) groups is 1. The first-order valence-corrected chi connectivity index (χ1v) is 10.2. The Labute approximate surface area is 174 Å². The molecule has 0 amide bonds. The zero-order valence-electron chi connectivity index (χ0n) is 16.3. The van der Waals surface area contributed by atoms with E-state index in [4.69, 9.17) is 10.5 Å². The van der Waals surface area contributed by atoms with Crippen molar-refractivity contribution in [2.45, 2.75) is 6.92 Å². The number of nitrogens with one attached hydrogen (secondary N) is 2. The van der Waals surface area contributed by atoms with Crippen molar-refractivity contribution in [3.63, 3.8) is 0 Å². The topological polar surface area (TPSA) is 89.3 Å². The largest absolute Gasteiger partial charge is 0.492 e. The van der Waals surface area contributed by atoms with Crippen LogP contribution in [0.5, 0.6) is 5.75 Å². The summed E-state index contributed by atoms with van der Waals surface area (Å²) in [6.45, 7) is 8.14. The molecule has 29 heavy (non-hydrogen) atoms. The number of rotatable bonds is 10. The maximum atomic E-state index is 12.8. The van der Waals surface area contributed by atoms with Crippen molar-refractivity contribution >= 4 is 39.8 Å². The van der Waals surface area contributed by atoms with Gasteiger partial charge in [-0.05, 0) is 42.4 Å². The SMILES string of the molecule is C=Cc1cccc(C(=O)c2sc(Nc3ccc(OCCNCC)cc3)nc2N)c1. The number of nitrogens with two attached hydrogens (primary N) is 1. The van der Waals surface area contributed by atoms with Crippen LogP contribution in [0.4, 0.5) is 16.6 Å². The lowest BCUT2D eigenvalue weighted by molar-refractivity contribution is 0.104. The molecular weight excluding hydrogens is 384 g/mol. The summed E-state index contributed by atoms with van der Waals surface area (Å²) in [5.74, 6) is 0.862. The van der Waals surface area contributed by atoms with Gasteiger partial charge in [-0.1, -0.05) is 49.1 Å². The molecule has 150 valence electrons. The third-order valence-electron chi connectivity index (χ3n) is 4.15. The van der Waals surface area contributed by atoms with Crippen molar-refractivity contribution in [2.24, 2.45) is 0 Å². The van der Waals surface area contributed by atoms with Gasteiger partial charge >= 0.3 is 0 Å². The molecule has 2 aromatic carbocycles. The summed E-state index contributed by atoms with van der Waals surface area (Å²) in [6, 6.07) is 14.8. The highest BCUT2D eigenvalue weighted by Crippen LogP contribution is 2.30. The van der Waals surface area contributed by atoms with Gasteiger partial charge in [0.05, 0.1) is 0 Å². The molecule has 0 atom stereocenters. The normalized spacial score (nSPS) is 10.5. The number of carbonyl (C=O) groups excluding carboxylic acids is 1. The Balaban J connectivity index is 1.67. The van der Waals surface area contributed by atoms with Crippen LogP contribution in [0.3, 0.4) is 0 Å². The van der Waals surface area contributed by atoms with Crippen LogP contribution in [0.25, 0.3) is 6.08 Å². The number of ether oxygens (including phenoxy) is 1. The molecular formula is C22H24N4O2S. The van der Waals surface area contributed by atoms with Gasteiger partial charge in [0.15, 0.2) is 5.13 Å². The average molecular weight is 409 g/mol. The lowest BCUT2D eigenvalue weighted by atomic mass is 10.1. The van der Waals surface area contributed by atoms with Crippen LogP contribution in [0, 0.1) is 0 Å². The third kappa shape index (κ3) is 5.43. The molecule has 1 heterocycles. The number of nitrogens with zero attached hydrogens (tertiary/aromatic N) is 1. The number of aromatic nitrogens is 1. The quantitative estimate of drug-likeness (QED) is 0.342. The molecule has 0 aliphatic carbocycles. The van der Waals surface area contributed by atoms with Gasteiger partial charge in [0.2, 0.25) is 5.78 Å². The molecule has 3 aromatic rings. The fraction of sp³-hybridized carbons (Fsp3) is 0.182. The highest BCUT2D eigenvalue weighted by Gasteiger charge is 2.18. The Morgan fingerprint density at radius 2 is 2.07 bits per heavy atom. The van der Waals surface area contributed by atoms with Gasteiger partial charge in [-0.3, -0.25) is 4.79 Å². The predicted octanol–water partition coefficient (Wildman–Crippen LogP) is 4.33. The number of ketones is 1. The Hall–Kier alpha value is -3.16. The third-order valence-corrected chi connectivity index (χ3v) is 5.13. The molecule has 0 radical (unpaired) electrons. The van der Waals surface area contributed by atoms with Gasteiger partial charge < -0.3 is 21.1 Å². The van der Waals surface area contributed by atoms with E-state index in [1.165, 1.54) is 11.3 Å². The highest BCUT2D eigenvalue weighted by molar-refractivity contribution is 7.18. The van der Waals surface area contributed by atoms with Crippen LogP contribution >= 0.6 is 11.3 Å². The van der Waals surface area contributed by atoms with E-state index < -0.39 is 0 Å². The van der Waals surface area contributed by atoms with Crippen molar-refractivity contribution in [3.8, 4) is 5.75 Å². The summed E-state index contributed by atoms with van der Waals surface area (Å²) in [5.41, 5.74) is 8.28. The van der Waals surface area contributed by atoms with Crippen LogP contribution in [-0.2, 0) is 0 Å². The van der Waals surface area contributed by atoms with Gasteiger partial charge in [0.1, 0.15) is 23.1 Å². The Morgan fingerprint density at radius 1 is 1.28 bits per heavy atom. The zero-order valence-corrected chi connectivity index (χ0v) is 17.1. The lowest BCUT2D eigenvalue weighted by Crippen LogP contribution is -2.20. The monoisotopic (exact) mass is 408 g/mol. The maximum Gasteiger partial charge on any atom is 0.206 e. The van der Waals surface area contributed by atoms with Crippen LogP contribution < -0.4 is 21.1 Å². The van der Waals surface area contributed by atoms with Crippen molar-refractivity contribution in [3.05, 3.63) is 71.1 Å². The molecule has 0 spiro atoms. The van der Waals surface area contributed by atoms with E-state index in [1.54, 1.807) is 18.2 Å². The molecule has 1 aromatic heterocycles. The summed E-state index contributed by atoms with van der Waals surface area (Å²) in [7, 11) is 0. The number of benzene rings is 2. The number of likely N-dealkylation sites (N-methyl/N-ethyl adjacent to an activating group) is 1. The molecule has 0 fully saturated rings. The van der Waals surface area contributed by atoms with Crippen LogP contribution in [0.2, 0.25) is 0 Å². The average Bonchev–Trinajstić information content (AvgIpc) is 3.11. The number of thiazole rings is 1. The summed E-state index contributed by atoms with van der Waals surface area (Å²) in [5, 5.41) is 6.96. The minimum Gasteiger partial charge on any atom is -0.492 e. The van der Waals surface area contributed by atoms with Crippen molar-refractivity contribution in [1.29, 1.82) is 0 Å². The summed E-state index contributed by atoms with van der Waals surface area (Å²) >= 11 is 1.23. The van der Waals surface area contributed by atoms with Crippen LogP contribution in [0.15, 0.2) is 55.1 Å². The molecule has 3 rings (SSSR count). The summed E-state index contributed by atoms with van der Waals surface area (Å²) < 4.78 is 5.66. The standard InChI is InChI=1S/C22H24N4O2S/c1-3-15-6-5-7-16(14-15)19(27)20-21(23)26-22(29-20)25-17-8-10-18(11-9-17)28-13-12-24-4-2/h3,5-11,14,24H,1,4,12-13,23H2,2H3,(H,25,26). The van der Waals surface area contributed by atoms with E-state index >= 15 is 0 Å². The first-order valence-electron chi connectivity index (χ1n) is 9.34. The Kier molecular flexibility index (Phi) is 6.99. The Morgan fingerprint density at radius 3 is 2.79 bits per heavy atom. The first kappa shape index (κ1) is 20.6. The van der Waals surface area contributed by atoms with E-state index in [2.05, 4.69) is 29.1 Å². The van der Waals surface area contributed by atoms with Crippen molar-refractivity contribution in [2.75, 3.05) is 30.7 Å². The van der Waals surface area contributed by atoms with E-state index in [-0.39, 0.29) is 11.6 Å². The minimum atomic E-state index is -0.152. The fourth-order valence-corrected chi connectivity index (χ4v) is 3.53. The van der Waals surface area contributed by atoms with Gasteiger partial charge in [0.25, 0.3) is 0 Å². The van der Waals surface area contributed by atoms with Crippen LogP contribution in [0.1, 0.15) is 27.7 Å². The van der Waals surface area contributed by atoms with Gasteiger partial charge in [-0.15, -0.1) is 0 Å². The molecule has 6 nitrogen and oxygen atoms in total. The predicted molar refractivity (Wildman–Crippen MR) is 120 cm³/mol. The number of hydrogen-bond donors (Lipinski definition) is 3. The molecule has 0 unspecified atom stereocenters. The number of nitrogen functional groups attached to an aromatic ring is 1. The van der Waals surface area contributed by atoms with Gasteiger partial charge in [0, 0.05) is 17.8 Å². The molecule has 4 N–H and O–H groups in total. The Bertz CT molecular complexity index is 983. The molecule has 0 saturated carbocycles. The minimum absolute atomic E-state index is 0.152. The second-order valence-corrected chi connectivity index (χ2v) is 7.24. The lowest BCUT2D eigenvalue weighted by Gasteiger charge is -2.07. The zero-order chi connectivity index (χ0) is 20.6. The van der Waals surface area contributed by atoms with E-state index in [0.717, 1.165) is 30.1 Å². The smallest absolute Gasteiger partial charge is 0.206 e. The number of anilines is 3. The molecule has 0 bridgehead atoms. The van der Waals surface area contributed by atoms with Crippen LogP contribution in [-0.4, -0.2) is 30.5 Å². The van der Waals surface area contributed by atoms with E-state index in [0.29, 0.717) is 22.2 Å². The summed E-state index contributed by atoms with van der Waals surface area (Å²) in [6.07, 6.45) is 1.70. The fourth-order valence-electron chi connectivity index (χ4n) is 2.66. The maximum absolute atomic E-state index is 12.8. The van der Waals surface area contributed by atoms with Crippen molar-refractivity contribution in [1.82, 2.24) is 10.3 Å². The highest BCUT2D eigenvalue weighted by atomic mass is 32.1. The van der Waals surface area contributed by atoms with E-state index in [1.807, 2.05) is 36.4 Å². The molecule has 0 aliphatic rings. The molecule has 0 saturated heterocycles. The van der Waals surface area contributed by atoms with Gasteiger partial charge in [-0.2, -0.15) is 0 Å². The van der Waals surface area contributed by atoms with Gasteiger partial charge in [-0.25, -0.2) is 4.98 Å².